The summed E-state index contributed by atoms with van der Waals surface area (Å²) in [5, 5.41) is 9.69. The highest BCUT2D eigenvalue weighted by Gasteiger charge is 2.61. The summed E-state index contributed by atoms with van der Waals surface area (Å²) in [4.78, 5) is 0. The van der Waals surface area contributed by atoms with Crippen molar-refractivity contribution in [2.75, 3.05) is 0 Å². The van der Waals surface area contributed by atoms with Gasteiger partial charge in [0.2, 0.25) is 0 Å². The van der Waals surface area contributed by atoms with E-state index in [4.69, 9.17) is 22.1 Å². The van der Waals surface area contributed by atoms with Gasteiger partial charge in [0.15, 0.2) is 0 Å². The Hall–Kier alpha value is -0.930. The van der Waals surface area contributed by atoms with Gasteiger partial charge in [-0.15, -0.1) is 0 Å². The highest BCUT2D eigenvalue weighted by Crippen LogP contribution is 2.54. The summed E-state index contributed by atoms with van der Waals surface area (Å²) in [6, 6.07) is 4.99. The van der Waals surface area contributed by atoms with Crippen molar-refractivity contribution in [1.82, 2.24) is 0 Å². The van der Waals surface area contributed by atoms with Crippen LogP contribution in [-0.2, 0) is 0 Å². The van der Waals surface area contributed by atoms with E-state index in [1.54, 1.807) is 12.1 Å². The second-order valence-corrected chi connectivity index (χ2v) is 6.64. The normalized spacial score (nSPS) is 28.6. The molecule has 1 saturated carbocycles. The second-order valence-electron chi connectivity index (χ2n) is 6.23. The fourth-order valence-electron chi connectivity index (χ4n) is 3.15. The first-order chi connectivity index (χ1) is 8.17. The molecule has 1 aromatic carbocycles. The minimum atomic E-state index is -0.0755. The smallest absolute Gasteiger partial charge is 0.134 e. The standard InChI is InChI=1S/C14H20ClNO2/c1-13(2)11(16)14(3,4)12(13)18-8-5-6-10(17)9(15)7-8/h5-7,11-12,17H,16H2,1-4H3/t11-,12-. The molecule has 0 heterocycles. The maximum absolute atomic E-state index is 9.39. The van der Waals surface area contributed by atoms with Crippen LogP contribution in [0.2, 0.25) is 5.02 Å². The van der Waals surface area contributed by atoms with Crippen molar-refractivity contribution in [3.63, 3.8) is 0 Å². The van der Waals surface area contributed by atoms with Crippen molar-refractivity contribution in [2.24, 2.45) is 16.6 Å². The molecule has 0 radical (unpaired) electrons. The van der Waals surface area contributed by atoms with Crippen LogP contribution in [0, 0.1) is 10.8 Å². The lowest BCUT2D eigenvalue weighted by atomic mass is 9.50. The molecule has 1 fully saturated rings. The summed E-state index contributed by atoms with van der Waals surface area (Å²) >= 11 is 5.87. The first kappa shape index (κ1) is 13.5. The maximum Gasteiger partial charge on any atom is 0.134 e. The van der Waals surface area contributed by atoms with Crippen molar-refractivity contribution in [3.8, 4) is 11.5 Å². The Morgan fingerprint density at radius 3 is 2.28 bits per heavy atom. The summed E-state index contributed by atoms with van der Waals surface area (Å²) in [5.41, 5.74) is 6.03. The molecule has 1 aromatic rings. The Balaban J connectivity index is 2.21. The first-order valence-electron chi connectivity index (χ1n) is 6.08. The van der Waals surface area contributed by atoms with Crippen molar-refractivity contribution in [2.45, 2.75) is 39.8 Å². The summed E-state index contributed by atoms with van der Waals surface area (Å²) in [5.74, 6) is 0.726. The van der Waals surface area contributed by atoms with Gasteiger partial charge < -0.3 is 15.6 Å². The minimum Gasteiger partial charge on any atom is -0.506 e. The molecule has 0 bridgehead atoms. The minimum absolute atomic E-state index is 0.0283. The molecular formula is C14H20ClNO2. The number of hydrogen-bond acceptors (Lipinski definition) is 3. The third-order valence-corrected chi connectivity index (χ3v) is 4.43. The lowest BCUT2D eigenvalue weighted by Crippen LogP contribution is -2.72. The first-order valence-corrected chi connectivity index (χ1v) is 6.46. The van der Waals surface area contributed by atoms with Gasteiger partial charge in [-0.1, -0.05) is 39.3 Å². The molecule has 0 unspecified atom stereocenters. The van der Waals surface area contributed by atoms with E-state index in [-0.39, 0.29) is 28.7 Å². The molecule has 0 aliphatic heterocycles. The average Bonchev–Trinajstić information content (AvgIpc) is 2.29. The van der Waals surface area contributed by atoms with Gasteiger partial charge >= 0.3 is 0 Å². The van der Waals surface area contributed by atoms with Crippen LogP contribution in [0.25, 0.3) is 0 Å². The fourth-order valence-corrected chi connectivity index (χ4v) is 3.32. The second kappa shape index (κ2) is 4.04. The molecule has 0 saturated heterocycles. The van der Waals surface area contributed by atoms with Crippen LogP contribution in [0.3, 0.4) is 0 Å². The third kappa shape index (κ3) is 1.86. The van der Waals surface area contributed by atoms with Crippen molar-refractivity contribution in [1.29, 1.82) is 0 Å². The van der Waals surface area contributed by atoms with Gasteiger partial charge in [0, 0.05) is 22.9 Å². The SMILES string of the molecule is CC1(C)[C@H](N)C(C)(C)[C@H]1Oc1ccc(O)c(Cl)c1. The largest absolute Gasteiger partial charge is 0.506 e. The van der Waals surface area contributed by atoms with E-state index >= 15 is 0 Å². The van der Waals surface area contributed by atoms with E-state index in [1.165, 1.54) is 6.07 Å². The highest BCUT2D eigenvalue weighted by molar-refractivity contribution is 6.32. The molecule has 0 spiro atoms. The van der Waals surface area contributed by atoms with Crippen molar-refractivity contribution >= 4 is 11.6 Å². The van der Waals surface area contributed by atoms with Gasteiger partial charge in [0.05, 0.1) is 5.02 Å². The Labute approximate surface area is 113 Å². The quantitative estimate of drug-likeness (QED) is 0.867. The lowest BCUT2D eigenvalue weighted by molar-refractivity contribution is -0.155. The number of aromatic hydroxyl groups is 1. The zero-order valence-corrected chi connectivity index (χ0v) is 12.0. The maximum atomic E-state index is 9.39. The lowest BCUT2D eigenvalue weighted by Gasteiger charge is -2.61. The predicted molar refractivity (Wildman–Crippen MR) is 73.1 cm³/mol. The van der Waals surface area contributed by atoms with E-state index in [2.05, 4.69) is 27.7 Å². The van der Waals surface area contributed by atoms with E-state index in [9.17, 15) is 5.11 Å². The predicted octanol–water partition coefficient (Wildman–Crippen LogP) is 3.19. The number of ether oxygens (including phenoxy) is 1. The molecule has 4 heteroatoms. The third-order valence-electron chi connectivity index (χ3n) is 4.13. The zero-order chi connectivity index (χ0) is 13.7. The highest BCUT2D eigenvalue weighted by atomic mass is 35.5. The van der Waals surface area contributed by atoms with Gasteiger partial charge in [0.25, 0.3) is 0 Å². The fraction of sp³-hybridized carbons (Fsp3) is 0.571. The average molecular weight is 270 g/mol. The van der Waals surface area contributed by atoms with Crippen LogP contribution in [0.1, 0.15) is 27.7 Å². The van der Waals surface area contributed by atoms with Gasteiger partial charge in [-0.05, 0) is 12.1 Å². The molecule has 100 valence electrons. The van der Waals surface area contributed by atoms with E-state index < -0.39 is 0 Å². The van der Waals surface area contributed by atoms with Gasteiger partial charge in [0.1, 0.15) is 17.6 Å². The topological polar surface area (TPSA) is 55.5 Å². The monoisotopic (exact) mass is 269 g/mol. The number of benzene rings is 1. The van der Waals surface area contributed by atoms with Crippen LogP contribution in [0.4, 0.5) is 0 Å². The molecule has 0 atom stereocenters. The summed E-state index contributed by atoms with van der Waals surface area (Å²) in [6.45, 7) is 8.43. The number of hydrogen-bond donors (Lipinski definition) is 2. The number of halogens is 1. The van der Waals surface area contributed by atoms with Gasteiger partial charge in [-0.25, -0.2) is 0 Å². The summed E-state index contributed by atoms with van der Waals surface area (Å²) < 4.78 is 6.01. The number of phenolic OH excluding ortho intramolecular Hbond substituents is 1. The molecule has 2 rings (SSSR count). The Morgan fingerprint density at radius 1 is 1.22 bits per heavy atom. The number of phenols is 1. The van der Waals surface area contributed by atoms with Crippen molar-refractivity contribution in [3.05, 3.63) is 23.2 Å². The van der Waals surface area contributed by atoms with Crippen molar-refractivity contribution < 1.29 is 9.84 Å². The van der Waals surface area contributed by atoms with E-state index in [0.717, 1.165) is 0 Å². The molecular weight excluding hydrogens is 250 g/mol. The molecule has 3 nitrogen and oxygen atoms in total. The van der Waals surface area contributed by atoms with Crippen LogP contribution in [0.15, 0.2) is 18.2 Å². The van der Waals surface area contributed by atoms with Crippen LogP contribution >= 0.6 is 11.6 Å². The van der Waals surface area contributed by atoms with Gasteiger partial charge in [-0.2, -0.15) is 0 Å². The van der Waals surface area contributed by atoms with Crippen LogP contribution in [0.5, 0.6) is 11.5 Å². The van der Waals surface area contributed by atoms with E-state index in [1.807, 2.05) is 0 Å². The molecule has 3 N–H and O–H groups in total. The zero-order valence-electron chi connectivity index (χ0n) is 11.2. The van der Waals surface area contributed by atoms with Crippen LogP contribution in [-0.4, -0.2) is 17.3 Å². The molecule has 1 aliphatic carbocycles. The Bertz CT molecular complexity index is 455. The Morgan fingerprint density at radius 2 is 1.78 bits per heavy atom. The Kier molecular flexibility index (Phi) is 3.03. The number of rotatable bonds is 2. The summed E-state index contributed by atoms with van der Waals surface area (Å²) in [7, 11) is 0. The van der Waals surface area contributed by atoms with E-state index in [0.29, 0.717) is 10.8 Å². The van der Waals surface area contributed by atoms with Gasteiger partial charge in [-0.3, -0.25) is 0 Å². The molecule has 0 aromatic heterocycles. The van der Waals surface area contributed by atoms with Crippen LogP contribution < -0.4 is 10.5 Å². The molecule has 18 heavy (non-hydrogen) atoms. The number of nitrogens with two attached hydrogens (primary N) is 1. The summed E-state index contributed by atoms with van der Waals surface area (Å²) in [6.07, 6.45) is 0.0283. The molecule has 1 aliphatic rings. The molecule has 0 amide bonds.